The predicted molar refractivity (Wildman–Crippen MR) is 93.4 cm³/mol. The molecule has 0 aliphatic heterocycles. The summed E-state index contributed by atoms with van der Waals surface area (Å²) in [4.78, 5) is 28.8. The number of nitrogens with zero attached hydrogens (tertiary/aromatic N) is 2. The van der Waals surface area contributed by atoms with Crippen molar-refractivity contribution in [2.45, 2.75) is 6.54 Å². The van der Waals surface area contributed by atoms with Crippen LogP contribution in [0, 0.1) is 0 Å². The van der Waals surface area contributed by atoms with Gasteiger partial charge >= 0.3 is 0 Å². The highest BCUT2D eigenvalue weighted by atomic mass is 35.5. The molecule has 5 nitrogen and oxygen atoms in total. The summed E-state index contributed by atoms with van der Waals surface area (Å²) < 4.78 is 1.46. The summed E-state index contributed by atoms with van der Waals surface area (Å²) in [6.45, 7) is 0.298. The first-order valence-electron chi connectivity index (χ1n) is 7.29. The fraction of sp³-hybridized carbons (Fsp3) is 0.0556. The van der Waals surface area contributed by atoms with E-state index >= 15 is 0 Å². The number of hydrogen-bond acceptors (Lipinski definition) is 3. The summed E-state index contributed by atoms with van der Waals surface area (Å²) >= 11 is 6.13. The summed E-state index contributed by atoms with van der Waals surface area (Å²) in [6.07, 6.45) is 4.75. The fourth-order valence-electron chi connectivity index (χ4n) is 2.28. The van der Waals surface area contributed by atoms with Crippen molar-refractivity contribution in [3.63, 3.8) is 0 Å². The Morgan fingerprint density at radius 1 is 1.12 bits per heavy atom. The molecule has 1 amide bonds. The lowest BCUT2D eigenvalue weighted by molar-refractivity contribution is 0.102. The quantitative estimate of drug-likeness (QED) is 0.794. The molecular formula is C18H14ClN3O2. The second kappa shape index (κ2) is 7.10. The zero-order chi connectivity index (χ0) is 16.9. The summed E-state index contributed by atoms with van der Waals surface area (Å²) in [5.41, 5.74) is 1.03. The van der Waals surface area contributed by atoms with Crippen LogP contribution in [-0.4, -0.2) is 15.5 Å². The van der Waals surface area contributed by atoms with Gasteiger partial charge in [-0.1, -0.05) is 29.8 Å². The normalized spacial score (nSPS) is 10.4. The van der Waals surface area contributed by atoms with Crippen molar-refractivity contribution in [1.82, 2.24) is 9.55 Å². The maximum absolute atomic E-state index is 12.6. The first-order chi connectivity index (χ1) is 11.6. The number of nitrogens with one attached hydrogen (secondary N) is 1. The minimum Gasteiger partial charge on any atom is -0.320 e. The van der Waals surface area contributed by atoms with E-state index in [1.54, 1.807) is 36.7 Å². The van der Waals surface area contributed by atoms with Gasteiger partial charge in [-0.25, -0.2) is 0 Å². The van der Waals surface area contributed by atoms with Crippen molar-refractivity contribution < 1.29 is 4.79 Å². The molecule has 0 spiro atoms. The van der Waals surface area contributed by atoms with Crippen molar-refractivity contribution in [3.8, 4) is 0 Å². The number of anilines is 1. The monoisotopic (exact) mass is 339 g/mol. The Morgan fingerprint density at radius 2 is 1.96 bits per heavy atom. The molecule has 0 saturated carbocycles. The number of amides is 1. The lowest BCUT2D eigenvalue weighted by Gasteiger charge is -2.10. The maximum atomic E-state index is 12.6. The highest BCUT2D eigenvalue weighted by molar-refractivity contribution is 6.31. The van der Waals surface area contributed by atoms with Crippen LogP contribution < -0.4 is 10.9 Å². The zero-order valence-corrected chi connectivity index (χ0v) is 13.4. The van der Waals surface area contributed by atoms with Crippen LogP contribution in [0.5, 0.6) is 0 Å². The number of hydrogen-bond donors (Lipinski definition) is 1. The third-order valence-corrected chi connectivity index (χ3v) is 3.85. The fourth-order valence-corrected chi connectivity index (χ4v) is 2.47. The number of pyridine rings is 2. The average Bonchev–Trinajstić information content (AvgIpc) is 2.59. The van der Waals surface area contributed by atoms with Crippen molar-refractivity contribution in [2.24, 2.45) is 0 Å². The number of aromatic nitrogens is 2. The van der Waals surface area contributed by atoms with E-state index in [0.717, 1.165) is 5.56 Å². The van der Waals surface area contributed by atoms with Gasteiger partial charge in [-0.15, -0.1) is 0 Å². The molecule has 0 radical (unpaired) electrons. The molecule has 0 atom stereocenters. The summed E-state index contributed by atoms with van der Waals surface area (Å²) in [5, 5.41) is 3.24. The molecule has 0 aliphatic rings. The largest absolute Gasteiger partial charge is 0.320 e. The number of carbonyl (C=O) groups is 1. The molecule has 0 fully saturated rings. The van der Waals surface area contributed by atoms with Crippen molar-refractivity contribution in [1.29, 1.82) is 0 Å². The van der Waals surface area contributed by atoms with Gasteiger partial charge in [0.05, 0.1) is 18.4 Å². The molecule has 24 heavy (non-hydrogen) atoms. The van der Waals surface area contributed by atoms with E-state index in [0.29, 0.717) is 17.3 Å². The SMILES string of the molecule is O=C(Nc1cccnc1)c1cccn(Cc2ccccc2Cl)c1=O. The molecule has 1 N–H and O–H groups in total. The van der Waals surface area contributed by atoms with E-state index in [4.69, 9.17) is 11.6 Å². The number of halogens is 1. The van der Waals surface area contributed by atoms with Crippen molar-refractivity contribution >= 4 is 23.2 Å². The second-order valence-corrected chi connectivity index (χ2v) is 5.55. The molecule has 1 aromatic carbocycles. The van der Waals surface area contributed by atoms with Crippen LogP contribution in [-0.2, 0) is 6.54 Å². The molecule has 0 aliphatic carbocycles. The van der Waals surface area contributed by atoms with Crippen LogP contribution in [0.4, 0.5) is 5.69 Å². The van der Waals surface area contributed by atoms with E-state index < -0.39 is 5.91 Å². The summed E-state index contributed by atoms with van der Waals surface area (Å²) in [6, 6.07) is 13.9. The smallest absolute Gasteiger partial charge is 0.263 e. The molecule has 120 valence electrons. The molecular weight excluding hydrogens is 326 g/mol. The van der Waals surface area contributed by atoms with Gasteiger partial charge in [-0.3, -0.25) is 14.6 Å². The van der Waals surface area contributed by atoms with E-state index in [1.165, 1.54) is 16.8 Å². The average molecular weight is 340 g/mol. The molecule has 0 unspecified atom stereocenters. The van der Waals surface area contributed by atoms with Gasteiger partial charge in [0.2, 0.25) is 0 Å². The highest BCUT2D eigenvalue weighted by Gasteiger charge is 2.13. The van der Waals surface area contributed by atoms with Gasteiger partial charge < -0.3 is 9.88 Å². The van der Waals surface area contributed by atoms with E-state index in [9.17, 15) is 9.59 Å². The molecule has 0 bridgehead atoms. The Labute approximate surface area is 143 Å². The van der Waals surface area contributed by atoms with Gasteiger partial charge in [-0.05, 0) is 35.9 Å². The van der Waals surface area contributed by atoms with Crippen molar-refractivity contribution in [2.75, 3.05) is 5.32 Å². The Hall–Kier alpha value is -2.92. The number of rotatable bonds is 4. The standard InChI is InChI=1S/C18H14ClN3O2/c19-16-8-2-1-5-13(16)12-22-10-4-7-15(18(22)24)17(23)21-14-6-3-9-20-11-14/h1-11H,12H2,(H,21,23). The molecule has 3 rings (SSSR count). The number of benzene rings is 1. The van der Waals surface area contributed by atoms with Gasteiger partial charge in [-0.2, -0.15) is 0 Å². The van der Waals surface area contributed by atoms with Gasteiger partial charge in [0.1, 0.15) is 5.56 Å². The predicted octanol–water partition coefficient (Wildman–Crippen LogP) is 3.20. The van der Waals surface area contributed by atoms with E-state index in [1.807, 2.05) is 18.2 Å². The van der Waals surface area contributed by atoms with E-state index in [2.05, 4.69) is 10.3 Å². The van der Waals surface area contributed by atoms with Crippen LogP contribution in [0.3, 0.4) is 0 Å². The lowest BCUT2D eigenvalue weighted by Crippen LogP contribution is -2.29. The minimum atomic E-state index is -0.471. The highest BCUT2D eigenvalue weighted by Crippen LogP contribution is 2.15. The molecule has 2 heterocycles. The number of carbonyl (C=O) groups excluding carboxylic acids is 1. The van der Waals surface area contributed by atoms with Crippen LogP contribution >= 0.6 is 11.6 Å². The molecule has 0 saturated heterocycles. The second-order valence-electron chi connectivity index (χ2n) is 5.14. The van der Waals surface area contributed by atoms with Gasteiger partial charge in [0, 0.05) is 17.4 Å². The van der Waals surface area contributed by atoms with Gasteiger partial charge in [0.15, 0.2) is 0 Å². The topological polar surface area (TPSA) is 64.0 Å². The first kappa shape index (κ1) is 16.0. The third kappa shape index (κ3) is 3.52. The molecule has 6 heteroatoms. The van der Waals surface area contributed by atoms with Crippen LogP contribution in [0.1, 0.15) is 15.9 Å². The zero-order valence-electron chi connectivity index (χ0n) is 12.6. The van der Waals surface area contributed by atoms with Crippen LogP contribution in [0.15, 0.2) is 71.9 Å². The maximum Gasteiger partial charge on any atom is 0.263 e. The Balaban J connectivity index is 1.87. The van der Waals surface area contributed by atoms with E-state index in [-0.39, 0.29) is 11.1 Å². The lowest BCUT2D eigenvalue weighted by atomic mass is 10.2. The molecule has 2 aromatic heterocycles. The van der Waals surface area contributed by atoms with Crippen LogP contribution in [0.25, 0.3) is 0 Å². The third-order valence-electron chi connectivity index (χ3n) is 3.48. The van der Waals surface area contributed by atoms with Crippen LogP contribution in [0.2, 0.25) is 5.02 Å². The summed E-state index contributed by atoms with van der Waals surface area (Å²) in [5.74, 6) is -0.471. The Morgan fingerprint density at radius 3 is 2.71 bits per heavy atom. The first-order valence-corrected chi connectivity index (χ1v) is 7.67. The molecule has 3 aromatic rings. The van der Waals surface area contributed by atoms with Gasteiger partial charge in [0.25, 0.3) is 11.5 Å². The Bertz CT molecular complexity index is 923. The minimum absolute atomic E-state index is 0.0633. The Kier molecular flexibility index (Phi) is 4.72. The van der Waals surface area contributed by atoms with Crippen molar-refractivity contribution in [3.05, 3.63) is 93.6 Å². The summed E-state index contributed by atoms with van der Waals surface area (Å²) in [7, 11) is 0.